The standard InChI is InChI=1S/C20H24N2O3/c1-20(2,3)15-7-11-16(12-8-15)21-13-18(23)22-17-9-5-14(6-10-17)19(24)25-4/h5-12,21H,13H2,1-4H3,(H,22,23). The lowest BCUT2D eigenvalue weighted by Crippen LogP contribution is -2.21. The summed E-state index contributed by atoms with van der Waals surface area (Å²) in [6.45, 7) is 6.64. The number of rotatable bonds is 5. The first-order valence-electron chi connectivity index (χ1n) is 8.12. The Hall–Kier alpha value is -2.82. The molecule has 5 nitrogen and oxygen atoms in total. The van der Waals surface area contributed by atoms with Crippen molar-refractivity contribution in [2.45, 2.75) is 26.2 Å². The molecule has 2 aromatic carbocycles. The molecule has 0 atom stereocenters. The van der Waals surface area contributed by atoms with Crippen LogP contribution in [0.1, 0.15) is 36.7 Å². The molecule has 1 amide bonds. The van der Waals surface area contributed by atoms with E-state index in [9.17, 15) is 9.59 Å². The summed E-state index contributed by atoms with van der Waals surface area (Å²) in [6, 6.07) is 14.6. The highest BCUT2D eigenvalue weighted by Crippen LogP contribution is 2.23. The number of carbonyl (C=O) groups excluding carboxylic acids is 2. The summed E-state index contributed by atoms with van der Waals surface area (Å²) in [5, 5.41) is 5.87. The van der Waals surface area contributed by atoms with Crippen LogP contribution in [0.2, 0.25) is 0 Å². The van der Waals surface area contributed by atoms with Gasteiger partial charge in [-0.15, -0.1) is 0 Å². The van der Waals surface area contributed by atoms with Crippen molar-refractivity contribution >= 4 is 23.3 Å². The van der Waals surface area contributed by atoms with Crippen molar-refractivity contribution in [3.63, 3.8) is 0 Å². The lowest BCUT2D eigenvalue weighted by molar-refractivity contribution is -0.114. The summed E-state index contributed by atoms with van der Waals surface area (Å²) in [7, 11) is 1.33. The van der Waals surface area contributed by atoms with Gasteiger partial charge in [-0.25, -0.2) is 4.79 Å². The van der Waals surface area contributed by atoms with Gasteiger partial charge in [0.2, 0.25) is 5.91 Å². The van der Waals surface area contributed by atoms with E-state index in [1.165, 1.54) is 12.7 Å². The second kappa shape index (κ2) is 7.83. The zero-order chi connectivity index (χ0) is 18.4. The van der Waals surface area contributed by atoms with E-state index in [1.807, 2.05) is 12.1 Å². The van der Waals surface area contributed by atoms with E-state index in [1.54, 1.807) is 24.3 Å². The third-order valence-corrected chi connectivity index (χ3v) is 3.79. The van der Waals surface area contributed by atoms with E-state index in [0.29, 0.717) is 11.3 Å². The fourth-order valence-corrected chi connectivity index (χ4v) is 2.28. The fraction of sp³-hybridized carbons (Fsp3) is 0.300. The molecule has 0 unspecified atom stereocenters. The maximum absolute atomic E-state index is 12.0. The van der Waals surface area contributed by atoms with Gasteiger partial charge in [0, 0.05) is 11.4 Å². The molecular formula is C20H24N2O3. The monoisotopic (exact) mass is 340 g/mol. The molecule has 0 aliphatic rings. The summed E-state index contributed by atoms with van der Waals surface area (Å²) < 4.78 is 4.64. The van der Waals surface area contributed by atoms with E-state index in [4.69, 9.17) is 0 Å². The Morgan fingerprint density at radius 1 is 0.920 bits per heavy atom. The van der Waals surface area contributed by atoms with Gasteiger partial charge in [0.15, 0.2) is 0 Å². The predicted octanol–water partition coefficient (Wildman–Crippen LogP) is 3.82. The van der Waals surface area contributed by atoms with Gasteiger partial charge < -0.3 is 15.4 Å². The molecule has 0 saturated heterocycles. The molecule has 25 heavy (non-hydrogen) atoms. The fourth-order valence-electron chi connectivity index (χ4n) is 2.28. The molecule has 132 valence electrons. The number of benzene rings is 2. The summed E-state index contributed by atoms with van der Waals surface area (Å²) in [5.41, 5.74) is 3.31. The van der Waals surface area contributed by atoms with Crippen molar-refractivity contribution in [3.8, 4) is 0 Å². The van der Waals surface area contributed by atoms with E-state index >= 15 is 0 Å². The quantitative estimate of drug-likeness (QED) is 0.812. The van der Waals surface area contributed by atoms with Crippen LogP contribution in [0, 0.1) is 0 Å². The Morgan fingerprint density at radius 3 is 2.00 bits per heavy atom. The Balaban J connectivity index is 1.87. The van der Waals surface area contributed by atoms with Crippen LogP contribution in [0.4, 0.5) is 11.4 Å². The van der Waals surface area contributed by atoms with Gasteiger partial charge in [-0.05, 0) is 47.4 Å². The summed E-state index contributed by atoms with van der Waals surface area (Å²) in [6.07, 6.45) is 0. The van der Waals surface area contributed by atoms with Gasteiger partial charge in [-0.2, -0.15) is 0 Å². The first kappa shape index (κ1) is 18.5. The minimum absolute atomic E-state index is 0.103. The Kier molecular flexibility index (Phi) is 5.80. The number of anilines is 2. The lowest BCUT2D eigenvalue weighted by Gasteiger charge is -2.19. The zero-order valence-corrected chi connectivity index (χ0v) is 15.1. The van der Waals surface area contributed by atoms with Crippen molar-refractivity contribution in [2.24, 2.45) is 0 Å². The first-order chi connectivity index (χ1) is 11.8. The molecule has 0 radical (unpaired) electrons. The number of hydrogen-bond donors (Lipinski definition) is 2. The predicted molar refractivity (Wildman–Crippen MR) is 100 cm³/mol. The topological polar surface area (TPSA) is 67.4 Å². The number of ether oxygens (including phenoxy) is 1. The Morgan fingerprint density at radius 2 is 1.48 bits per heavy atom. The van der Waals surface area contributed by atoms with Crippen molar-refractivity contribution in [3.05, 3.63) is 59.7 Å². The van der Waals surface area contributed by atoms with Crippen LogP contribution >= 0.6 is 0 Å². The minimum atomic E-state index is -0.404. The number of carbonyl (C=O) groups is 2. The van der Waals surface area contributed by atoms with Gasteiger partial charge in [0.1, 0.15) is 0 Å². The molecule has 0 spiro atoms. The van der Waals surface area contributed by atoms with Gasteiger partial charge in [0.05, 0.1) is 19.2 Å². The third-order valence-electron chi connectivity index (χ3n) is 3.79. The number of amides is 1. The highest BCUT2D eigenvalue weighted by molar-refractivity contribution is 5.95. The Labute approximate surface area is 148 Å². The van der Waals surface area contributed by atoms with E-state index in [0.717, 1.165) is 5.69 Å². The van der Waals surface area contributed by atoms with Gasteiger partial charge in [0.25, 0.3) is 0 Å². The average Bonchev–Trinajstić information content (AvgIpc) is 2.59. The maximum atomic E-state index is 12.0. The second-order valence-corrected chi connectivity index (χ2v) is 6.80. The number of methoxy groups -OCH3 is 1. The van der Waals surface area contributed by atoms with Crippen molar-refractivity contribution in [1.82, 2.24) is 0 Å². The Bertz CT molecular complexity index is 729. The van der Waals surface area contributed by atoms with Crippen molar-refractivity contribution < 1.29 is 14.3 Å². The number of esters is 1. The highest BCUT2D eigenvalue weighted by Gasteiger charge is 2.13. The zero-order valence-electron chi connectivity index (χ0n) is 15.1. The summed E-state index contributed by atoms with van der Waals surface area (Å²) >= 11 is 0. The van der Waals surface area contributed by atoms with Crippen LogP contribution in [0.3, 0.4) is 0 Å². The molecule has 2 rings (SSSR count). The molecule has 0 heterocycles. The first-order valence-corrected chi connectivity index (χ1v) is 8.12. The molecule has 0 aliphatic carbocycles. The summed E-state index contributed by atoms with van der Waals surface area (Å²) in [4.78, 5) is 23.4. The third kappa shape index (κ3) is 5.35. The molecule has 0 saturated carbocycles. The van der Waals surface area contributed by atoms with Crippen LogP contribution < -0.4 is 10.6 Å². The minimum Gasteiger partial charge on any atom is -0.465 e. The number of nitrogens with one attached hydrogen (secondary N) is 2. The summed E-state index contributed by atoms with van der Waals surface area (Å²) in [5.74, 6) is -0.566. The van der Waals surface area contributed by atoms with Crippen LogP contribution in [0.5, 0.6) is 0 Å². The second-order valence-electron chi connectivity index (χ2n) is 6.80. The van der Waals surface area contributed by atoms with Crippen LogP contribution in [0.15, 0.2) is 48.5 Å². The maximum Gasteiger partial charge on any atom is 0.337 e. The van der Waals surface area contributed by atoms with E-state index < -0.39 is 5.97 Å². The molecule has 0 bridgehead atoms. The normalized spacial score (nSPS) is 10.9. The molecule has 2 aromatic rings. The van der Waals surface area contributed by atoms with Crippen molar-refractivity contribution in [2.75, 3.05) is 24.3 Å². The van der Waals surface area contributed by atoms with Crippen LogP contribution in [0.25, 0.3) is 0 Å². The van der Waals surface area contributed by atoms with Gasteiger partial charge in [-0.1, -0.05) is 32.9 Å². The molecule has 2 N–H and O–H groups in total. The van der Waals surface area contributed by atoms with Crippen LogP contribution in [-0.2, 0) is 14.9 Å². The molecule has 0 aliphatic heterocycles. The largest absolute Gasteiger partial charge is 0.465 e. The van der Waals surface area contributed by atoms with E-state index in [2.05, 4.69) is 48.3 Å². The smallest absolute Gasteiger partial charge is 0.337 e. The van der Waals surface area contributed by atoms with Gasteiger partial charge in [-0.3, -0.25) is 4.79 Å². The van der Waals surface area contributed by atoms with Gasteiger partial charge >= 0.3 is 5.97 Å². The average molecular weight is 340 g/mol. The molecular weight excluding hydrogens is 316 g/mol. The SMILES string of the molecule is COC(=O)c1ccc(NC(=O)CNc2ccc(C(C)(C)C)cc2)cc1. The van der Waals surface area contributed by atoms with Crippen LogP contribution in [-0.4, -0.2) is 25.5 Å². The van der Waals surface area contributed by atoms with Crippen molar-refractivity contribution in [1.29, 1.82) is 0 Å². The highest BCUT2D eigenvalue weighted by atomic mass is 16.5. The van der Waals surface area contributed by atoms with E-state index in [-0.39, 0.29) is 17.9 Å². The number of hydrogen-bond acceptors (Lipinski definition) is 4. The lowest BCUT2D eigenvalue weighted by atomic mass is 9.87. The molecule has 5 heteroatoms. The molecule has 0 fully saturated rings. The molecule has 0 aromatic heterocycles.